The number of likely N-dealkylation sites (N-methyl/N-ethyl adjacent to an activating group) is 1. The molecule has 2 atom stereocenters. The van der Waals surface area contributed by atoms with Gasteiger partial charge < -0.3 is 28.5 Å². The predicted octanol–water partition coefficient (Wildman–Crippen LogP) is 11.8. The van der Waals surface area contributed by atoms with Gasteiger partial charge >= 0.3 is 19.8 Å². The van der Waals surface area contributed by atoms with Crippen LogP contribution in [-0.2, 0) is 58.4 Å². The molecule has 2 heterocycles. The number of carbonyl (C=O) groups is 2. The van der Waals surface area contributed by atoms with Gasteiger partial charge in [-0.25, -0.2) is 4.57 Å². The highest BCUT2D eigenvalue weighted by Crippen LogP contribution is 2.43. The number of aryl methyl sites for hydroxylation is 6. The van der Waals surface area contributed by atoms with Gasteiger partial charge in [-0.15, -0.1) is 0 Å². The lowest BCUT2D eigenvalue weighted by molar-refractivity contribution is -0.161. The monoisotopic (exact) mass is 838 g/mol. The fourth-order valence-electron chi connectivity index (χ4n) is 7.05. The number of hydrogen-bond acceptors (Lipinski definition) is 10. The van der Waals surface area contributed by atoms with Gasteiger partial charge in [-0.1, -0.05) is 104 Å². The van der Waals surface area contributed by atoms with E-state index in [2.05, 4.69) is 45.1 Å². The fraction of sp³-hybridized carbons (Fsp3) is 0.783. The van der Waals surface area contributed by atoms with E-state index in [0.29, 0.717) is 19.4 Å². The quantitative estimate of drug-likeness (QED) is 0.0378. The first-order chi connectivity index (χ1) is 28.1. The van der Waals surface area contributed by atoms with Crippen LogP contribution >= 0.6 is 7.82 Å². The van der Waals surface area contributed by atoms with E-state index < -0.39 is 32.5 Å². The molecule has 0 radical (unpaired) electrons. The molecule has 0 aliphatic heterocycles. The maximum Gasteiger partial charge on any atom is 0.472 e. The van der Waals surface area contributed by atoms with Crippen LogP contribution in [0, 0.1) is 13.8 Å². The number of phosphoric acid groups is 1. The van der Waals surface area contributed by atoms with Crippen LogP contribution in [0.3, 0.4) is 0 Å². The zero-order chi connectivity index (χ0) is 42.3. The first-order valence-electron chi connectivity index (χ1n) is 22.8. The van der Waals surface area contributed by atoms with Gasteiger partial charge in [-0.05, 0) is 82.7 Å². The number of carbonyl (C=O) groups excluding carboxylic acids is 2. The predicted molar refractivity (Wildman–Crippen MR) is 231 cm³/mol. The van der Waals surface area contributed by atoms with Crippen molar-refractivity contribution >= 4 is 19.8 Å². The third-order valence-corrected chi connectivity index (χ3v) is 11.5. The van der Waals surface area contributed by atoms with Crippen molar-refractivity contribution in [1.29, 1.82) is 0 Å². The Morgan fingerprint density at radius 1 is 0.638 bits per heavy atom. The first-order valence-corrected chi connectivity index (χ1v) is 24.3. The van der Waals surface area contributed by atoms with Gasteiger partial charge in [-0.3, -0.25) is 18.6 Å². The Labute approximate surface area is 351 Å². The zero-order valence-corrected chi connectivity index (χ0v) is 37.9. The van der Waals surface area contributed by atoms with Crippen molar-refractivity contribution in [1.82, 2.24) is 5.32 Å². The summed E-state index contributed by atoms with van der Waals surface area (Å²) < 4.78 is 45.4. The summed E-state index contributed by atoms with van der Waals surface area (Å²) in [5.74, 6) is 3.66. The molecular weight excluding hydrogens is 757 g/mol. The number of hydrogen-bond donors (Lipinski definition) is 2. The summed E-state index contributed by atoms with van der Waals surface area (Å²) in [4.78, 5) is 35.3. The van der Waals surface area contributed by atoms with Crippen LogP contribution in [-0.4, -0.2) is 56.3 Å². The largest absolute Gasteiger partial charge is 0.472 e. The van der Waals surface area contributed by atoms with Crippen molar-refractivity contribution in [2.45, 2.75) is 201 Å². The van der Waals surface area contributed by atoms with Gasteiger partial charge in [0, 0.05) is 45.1 Å². The van der Waals surface area contributed by atoms with Crippen molar-refractivity contribution in [3.63, 3.8) is 0 Å². The van der Waals surface area contributed by atoms with Crippen LogP contribution in [0.15, 0.2) is 21.0 Å². The van der Waals surface area contributed by atoms with E-state index in [1.807, 2.05) is 0 Å². The second kappa shape index (κ2) is 32.4. The zero-order valence-electron chi connectivity index (χ0n) is 37.0. The Hall–Kier alpha value is -2.43. The highest BCUT2D eigenvalue weighted by atomic mass is 31.2. The van der Waals surface area contributed by atoms with E-state index in [9.17, 15) is 19.0 Å². The number of rotatable bonds is 38. The lowest BCUT2D eigenvalue weighted by Gasteiger charge is -2.20. The lowest BCUT2D eigenvalue weighted by Crippen LogP contribution is -2.29. The van der Waals surface area contributed by atoms with Crippen LogP contribution in [0.2, 0.25) is 0 Å². The summed E-state index contributed by atoms with van der Waals surface area (Å²) in [6, 6.07) is 4.39. The number of ether oxygens (including phenoxy) is 2. The molecule has 2 rings (SSSR count). The normalized spacial score (nSPS) is 13.1. The molecule has 2 aromatic heterocycles. The summed E-state index contributed by atoms with van der Waals surface area (Å²) in [6.07, 6.45) is 25.2. The summed E-state index contributed by atoms with van der Waals surface area (Å²) in [5, 5.41) is 2.82. The van der Waals surface area contributed by atoms with Gasteiger partial charge in [0.1, 0.15) is 29.6 Å². The second-order valence-corrected chi connectivity index (χ2v) is 17.5. The number of esters is 2. The van der Waals surface area contributed by atoms with Crippen molar-refractivity contribution < 1.29 is 46.4 Å². The van der Waals surface area contributed by atoms with Gasteiger partial charge in [-0.2, -0.15) is 0 Å². The van der Waals surface area contributed by atoms with E-state index in [-0.39, 0.29) is 26.1 Å². The first kappa shape index (κ1) is 51.7. The Morgan fingerprint density at radius 3 is 1.64 bits per heavy atom. The standard InChI is InChI=1S/C46H80NO10P/c1-6-8-21-27-41-35-39(4)44(56-41)29-23-18-13-9-11-15-19-24-30-45(48)52-36-42(37-54-58(50,51)53-33-32-47-5)57-46(49)31-25-20-16-12-10-14-17-22-28-43-38(3)34-40(55-43)26-7-2/h34-35,42,47H,6-33,36-37H2,1-5H3,(H,50,51)/t42-/m1/s1. The van der Waals surface area contributed by atoms with E-state index in [1.54, 1.807) is 7.05 Å². The van der Waals surface area contributed by atoms with E-state index in [1.165, 1.54) is 68.9 Å². The molecular formula is C46H80NO10P. The molecule has 0 aliphatic carbocycles. The highest BCUT2D eigenvalue weighted by Gasteiger charge is 2.26. The van der Waals surface area contributed by atoms with Gasteiger partial charge in [0.2, 0.25) is 0 Å². The summed E-state index contributed by atoms with van der Waals surface area (Å²) in [5.41, 5.74) is 2.55. The average molecular weight is 838 g/mol. The molecule has 11 nitrogen and oxygen atoms in total. The van der Waals surface area contributed by atoms with Crippen LogP contribution in [0.1, 0.15) is 189 Å². The molecule has 2 N–H and O–H groups in total. The Kier molecular flexibility index (Phi) is 28.8. The molecule has 58 heavy (non-hydrogen) atoms. The molecule has 12 heteroatoms. The third kappa shape index (κ3) is 25.3. The van der Waals surface area contributed by atoms with E-state index >= 15 is 0 Å². The van der Waals surface area contributed by atoms with Crippen molar-refractivity contribution in [2.75, 3.05) is 33.4 Å². The van der Waals surface area contributed by atoms with E-state index in [4.69, 9.17) is 27.4 Å². The molecule has 334 valence electrons. The molecule has 0 aromatic carbocycles. The number of nitrogens with one attached hydrogen (secondary N) is 1. The SMILES string of the molecule is CCCCCc1cc(C)c(CCCCCCCCCCC(=O)OC[C@H](COP(=O)(O)OCCNC)OC(=O)CCCCCCCCCCc2oc(CCC)cc2C)o1. The number of unbranched alkanes of at least 4 members (excludes halogenated alkanes) is 16. The minimum atomic E-state index is -4.37. The lowest BCUT2D eigenvalue weighted by atomic mass is 10.1. The molecule has 1 unspecified atom stereocenters. The summed E-state index contributed by atoms with van der Waals surface area (Å²) in [7, 11) is -2.67. The molecule has 2 aromatic rings. The molecule has 0 spiro atoms. The molecule has 0 saturated heterocycles. The minimum absolute atomic E-state index is 0.0280. The number of furan rings is 2. The Bertz CT molecular complexity index is 1400. The minimum Gasteiger partial charge on any atom is -0.466 e. The Morgan fingerprint density at radius 2 is 1.12 bits per heavy atom. The van der Waals surface area contributed by atoms with Crippen molar-refractivity contribution in [3.05, 3.63) is 46.3 Å². The summed E-state index contributed by atoms with van der Waals surface area (Å²) >= 11 is 0. The van der Waals surface area contributed by atoms with Gasteiger partial charge in [0.25, 0.3) is 0 Å². The maximum atomic E-state index is 12.7. The maximum absolute atomic E-state index is 12.7. The molecule has 0 bridgehead atoms. The van der Waals surface area contributed by atoms with Crippen LogP contribution in [0.25, 0.3) is 0 Å². The van der Waals surface area contributed by atoms with Gasteiger partial charge in [0.05, 0.1) is 13.2 Å². The second-order valence-electron chi connectivity index (χ2n) is 16.0. The molecule has 0 aliphatic rings. The van der Waals surface area contributed by atoms with E-state index in [0.717, 1.165) is 107 Å². The smallest absolute Gasteiger partial charge is 0.466 e. The number of phosphoric ester groups is 1. The topological polar surface area (TPSA) is 147 Å². The van der Waals surface area contributed by atoms with Gasteiger partial charge in [0.15, 0.2) is 6.10 Å². The molecule has 0 saturated carbocycles. The third-order valence-electron chi connectivity index (χ3n) is 10.5. The highest BCUT2D eigenvalue weighted by molar-refractivity contribution is 7.47. The van der Waals surface area contributed by atoms with Crippen LogP contribution in [0.5, 0.6) is 0 Å². The van der Waals surface area contributed by atoms with Crippen molar-refractivity contribution in [2.24, 2.45) is 0 Å². The van der Waals surface area contributed by atoms with Crippen molar-refractivity contribution in [3.8, 4) is 0 Å². The summed E-state index contributed by atoms with van der Waals surface area (Å²) in [6.45, 7) is 8.33. The fourth-order valence-corrected chi connectivity index (χ4v) is 7.80. The Balaban J connectivity index is 1.58. The van der Waals surface area contributed by atoms with Crippen LogP contribution in [0.4, 0.5) is 0 Å². The molecule has 0 fully saturated rings. The van der Waals surface area contributed by atoms with Crippen LogP contribution < -0.4 is 5.32 Å². The average Bonchev–Trinajstić information content (AvgIpc) is 3.73. The molecule has 0 amide bonds.